The molecular formula is C31H34O4. The van der Waals surface area contributed by atoms with E-state index in [9.17, 15) is 0 Å². The zero-order valence-electron chi connectivity index (χ0n) is 20.5. The van der Waals surface area contributed by atoms with Gasteiger partial charge in [0, 0.05) is 5.41 Å². The average molecular weight is 471 g/mol. The Labute approximate surface area is 208 Å². The second-order valence-corrected chi connectivity index (χ2v) is 8.25. The van der Waals surface area contributed by atoms with Crippen molar-refractivity contribution in [1.82, 2.24) is 0 Å². The number of allylic oxidation sites excluding steroid dienone is 5. The lowest BCUT2D eigenvalue weighted by Crippen LogP contribution is -2.25. The van der Waals surface area contributed by atoms with E-state index in [0.717, 1.165) is 39.3 Å². The first-order chi connectivity index (χ1) is 17.1. The highest BCUT2D eigenvalue weighted by Gasteiger charge is 2.31. The summed E-state index contributed by atoms with van der Waals surface area (Å²) in [7, 11) is 0. The van der Waals surface area contributed by atoms with Crippen LogP contribution in [0.15, 0.2) is 104 Å². The minimum absolute atomic E-state index is 0.0218. The molecule has 0 aromatic heterocycles. The molecule has 3 rings (SSSR count). The molecule has 0 unspecified atom stereocenters. The van der Waals surface area contributed by atoms with Crippen LogP contribution in [0.2, 0.25) is 0 Å². The topological polar surface area (TPSA) is 58.9 Å². The summed E-state index contributed by atoms with van der Waals surface area (Å²) in [5.41, 5.74) is 5.16. The number of aliphatic hydroxyl groups excluding tert-OH is 2. The molecule has 182 valence electrons. The van der Waals surface area contributed by atoms with Crippen LogP contribution >= 0.6 is 0 Å². The van der Waals surface area contributed by atoms with E-state index >= 15 is 0 Å². The first-order valence-corrected chi connectivity index (χ1v) is 11.8. The largest absolute Gasteiger partial charge is 0.491 e. The van der Waals surface area contributed by atoms with Crippen molar-refractivity contribution in [2.45, 2.75) is 19.3 Å². The van der Waals surface area contributed by atoms with Gasteiger partial charge in [0.05, 0.1) is 13.2 Å². The Morgan fingerprint density at radius 2 is 1.20 bits per heavy atom. The van der Waals surface area contributed by atoms with Gasteiger partial charge in [-0.05, 0) is 65.9 Å². The van der Waals surface area contributed by atoms with Gasteiger partial charge in [-0.2, -0.15) is 0 Å². The Morgan fingerprint density at radius 1 is 0.771 bits per heavy atom. The first kappa shape index (κ1) is 26.0. The summed E-state index contributed by atoms with van der Waals surface area (Å²) in [6.45, 7) is 8.54. The van der Waals surface area contributed by atoms with Gasteiger partial charge in [0.1, 0.15) is 24.7 Å². The van der Waals surface area contributed by atoms with Crippen molar-refractivity contribution in [3.63, 3.8) is 0 Å². The highest BCUT2D eigenvalue weighted by molar-refractivity contribution is 5.75. The molecule has 0 aliphatic rings. The summed E-state index contributed by atoms with van der Waals surface area (Å²) < 4.78 is 11.1. The molecule has 0 aliphatic carbocycles. The number of aliphatic hydroxyl groups is 2. The number of hydrogen-bond acceptors (Lipinski definition) is 4. The van der Waals surface area contributed by atoms with Gasteiger partial charge in [-0.1, -0.05) is 79.4 Å². The zero-order valence-corrected chi connectivity index (χ0v) is 20.5. The lowest BCUT2D eigenvalue weighted by atomic mass is 9.71. The molecule has 0 radical (unpaired) electrons. The van der Waals surface area contributed by atoms with Gasteiger partial charge in [0.2, 0.25) is 0 Å². The van der Waals surface area contributed by atoms with Crippen LogP contribution in [0.25, 0.3) is 5.57 Å². The molecule has 0 saturated carbocycles. The quantitative estimate of drug-likeness (QED) is 0.254. The summed E-state index contributed by atoms with van der Waals surface area (Å²) in [6, 6.07) is 24.6. The molecule has 35 heavy (non-hydrogen) atoms. The average Bonchev–Trinajstić information content (AvgIpc) is 2.91. The Balaban J connectivity index is 2.06. The second kappa shape index (κ2) is 12.7. The maximum absolute atomic E-state index is 9.05. The minimum atomic E-state index is -0.438. The van der Waals surface area contributed by atoms with Gasteiger partial charge in [0.15, 0.2) is 0 Å². The van der Waals surface area contributed by atoms with E-state index in [4.69, 9.17) is 19.7 Å². The third-order valence-corrected chi connectivity index (χ3v) is 6.02. The van der Waals surface area contributed by atoms with Crippen LogP contribution in [0, 0.1) is 0 Å². The van der Waals surface area contributed by atoms with E-state index in [1.165, 1.54) is 0 Å². The fourth-order valence-electron chi connectivity index (χ4n) is 4.15. The van der Waals surface area contributed by atoms with Crippen molar-refractivity contribution in [1.29, 1.82) is 0 Å². The second-order valence-electron chi connectivity index (χ2n) is 8.25. The fraction of sp³-hybridized carbons (Fsp3) is 0.226. The molecule has 0 heterocycles. The molecule has 2 N–H and O–H groups in total. The molecule has 0 saturated heterocycles. The van der Waals surface area contributed by atoms with Crippen LogP contribution in [-0.4, -0.2) is 36.6 Å². The van der Waals surface area contributed by atoms with Crippen LogP contribution < -0.4 is 9.47 Å². The smallest absolute Gasteiger partial charge is 0.119 e. The summed E-state index contributed by atoms with van der Waals surface area (Å²) in [6.07, 6.45) is 7.90. The molecule has 4 nitrogen and oxygen atoms in total. The van der Waals surface area contributed by atoms with Crippen molar-refractivity contribution < 1.29 is 19.7 Å². The molecule has 0 atom stereocenters. The van der Waals surface area contributed by atoms with E-state index in [-0.39, 0.29) is 26.4 Å². The van der Waals surface area contributed by atoms with E-state index in [2.05, 4.69) is 68.1 Å². The standard InChI is InChI=1S/C31H34O4/c1-4-6-24(7-5-2)25-8-10-26(11-9-25)31(3,27-12-16-29(17-13-27)34-22-20-32)28-14-18-30(19-15-28)35-23-21-33/h4-19,32-33H,1,20-23H2,2-3H3/b7-5-,24-6+. The van der Waals surface area contributed by atoms with Gasteiger partial charge in [0.25, 0.3) is 0 Å². The number of hydrogen-bond donors (Lipinski definition) is 2. The maximum atomic E-state index is 9.05. The maximum Gasteiger partial charge on any atom is 0.119 e. The predicted molar refractivity (Wildman–Crippen MR) is 143 cm³/mol. The molecule has 0 amide bonds. The highest BCUT2D eigenvalue weighted by atomic mass is 16.5. The zero-order chi connectivity index (χ0) is 25.1. The third-order valence-electron chi connectivity index (χ3n) is 6.02. The predicted octanol–water partition coefficient (Wildman–Crippen LogP) is 5.93. The highest BCUT2D eigenvalue weighted by Crippen LogP contribution is 2.40. The third kappa shape index (κ3) is 6.30. The van der Waals surface area contributed by atoms with Crippen molar-refractivity contribution >= 4 is 5.57 Å². The van der Waals surface area contributed by atoms with Crippen LogP contribution in [-0.2, 0) is 5.41 Å². The Bertz CT molecular complexity index is 1070. The van der Waals surface area contributed by atoms with Crippen LogP contribution in [0.4, 0.5) is 0 Å². The lowest BCUT2D eigenvalue weighted by Gasteiger charge is -2.32. The Hall–Kier alpha value is -3.60. The van der Waals surface area contributed by atoms with E-state index in [0.29, 0.717) is 0 Å². The normalized spacial score (nSPS) is 12.1. The molecule has 3 aromatic carbocycles. The Morgan fingerprint density at radius 3 is 1.57 bits per heavy atom. The minimum Gasteiger partial charge on any atom is -0.491 e. The van der Waals surface area contributed by atoms with Crippen LogP contribution in [0.1, 0.15) is 36.1 Å². The molecule has 3 aromatic rings. The van der Waals surface area contributed by atoms with Gasteiger partial charge >= 0.3 is 0 Å². The van der Waals surface area contributed by atoms with Gasteiger partial charge in [-0.15, -0.1) is 0 Å². The summed E-state index contributed by atoms with van der Waals surface area (Å²) in [4.78, 5) is 0. The monoisotopic (exact) mass is 470 g/mol. The molecular weight excluding hydrogens is 436 g/mol. The summed E-state index contributed by atoms with van der Waals surface area (Å²) >= 11 is 0. The number of benzene rings is 3. The Kier molecular flexibility index (Phi) is 9.47. The van der Waals surface area contributed by atoms with Crippen molar-refractivity contribution in [3.8, 4) is 11.5 Å². The SMILES string of the molecule is C=C/C=C(\C=C/C)c1ccc(C(C)(c2ccc(OCCO)cc2)c2ccc(OCCO)cc2)cc1. The number of rotatable bonds is 12. The van der Waals surface area contributed by atoms with Gasteiger partial charge in [-0.3, -0.25) is 0 Å². The fourth-order valence-corrected chi connectivity index (χ4v) is 4.15. The molecule has 0 fully saturated rings. The van der Waals surface area contributed by atoms with Crippen LogP contribution in [0.3, 0.4) is 0 Å². The molecule has 0 bridgehead atoms. The van der Waals surface area contributed by atoms with Crippen LogP contribution in [0.5, 0.6) is 11.5 Å². The molecule has 0 spiro atoms. The summed E-state index contributed by atoms with van der Waals surface area (Å²) in [5, 5.41) is 18.1. The van der Waals surface area contributed by atoms with E-state index in [1.807, 2.05) is 43.3 Å². The van der Waals surface area contributed by atoms with Gasteiger partial charge < -0.3 is 19.7 Å². The van der Waals surface area contributed by atoms with Crippen molar-refractivity contribution in [3.05, 3.63) is 126 Å². The summed E-state index contributed by atoms with van der Waals surface area (Å²) in [5.74, 6) is 1.44. The lowest BCUT2D eigenvalue weighted by molar-refractivity contribution is 0.201. The van der Waals surface area contributed by atoms with E-state index in [1.54, 1.807) is 6.08 Å². The van der Waals surface area contributed by atoms with Crippen molar-refractivity contribution in [2.75, 3.05) is 26.4 Å². The number of ether oxygens (including phenoxy) is 2. The van der Waals surface area contributed by atoms with E-state index < -0.39 is 5.41 Å². The van der Waals surface area contributed by atoms with Crippen molar-refractivity contribution in [2.24, 2.45) is 0 Å². The first-order valence-electron chi connectivity index (χ1n) is 11.8. The molecule has 0 aliphatic heterocycles. The van der Waals surface area contributed by atoms with Gasteiger partial charge in [-0.25, -0.2) is 0 Å². The molecule has 4 heteroatoms.